The molecule has 7 heteroatoms. The summed E-state index contributed by atoms with van der Waals surface area (Å²) in [5.74, 6) is -0.608. The van der Waals surface area contributed by atoms with E-state index < -0.39 is 5.82 Å². The number of nitrogens with one attached hydrogen (secondary N) is 1. The smallest absolute Gasteiger partial charge is 0.234 e. The number of thioether (sulfide) groups is 1. The molecular weight excluding hydrogens is 399 g/mol. The summed E-state index contributed by atoms with van der Waals surface area (Å²) in [6.45, 7) is 2.24. The Bertz CT molecular complexity index is 989. The van der Waals surface area contributed by atoms with Crippen molar-refractivity contribution >= 4 is 29.0 Å². The van der Waals surface area contributed by atoms with E-state index in [1.165, 1.54) is 48.8 Å². The normalized spacial score (nSPS) is 13.8. The number of hydrogen-bond acceptors (Lipinski definition) is 5. The summed E-state index contributed by atoms with van der Waals surface area (Å²) in [5.41, 5.74) is 3.23. The van der Waals surface area contributed by atoms with Crippen molar-refractivity contribution in [3.8, 4) is 11.3 Å². The van der Waals surface area contributed by atoms with Crippen LogP contribution in [-0.2, 0) is 4.79 Å². The summed E-state index contributed by atoms with van der Waals surface area (Å²) in [5, 5.41) is 11.7. The molecule has 0 unspecified atom stereocenters. The van der Waals surface area contributed by atoms with Crippen molar-refractivity contribution in [3.05, 3.63) is 66.5 Å². The highest BCUT2D eigenvalue weighted by molar-refractivity contribution is 7.99. The molecule has 0 atom stereocenters. The maximum Gasteiger partial charge on any atom is 0.234 e. The number of halogens is 1. The fourth-order valence-corrected chi connectivity index (χ4v) is 4.05. The lowest BCUT2D eigenvalue weighted by atomic mass is 10.1. The highest BCUT2D eigenvalue weighted by atomic mass is 32.2. The standard InChI is InChI=1S/C23H23FN4OS/c24-19-6-2-3-7-21(19)25-22(29)16-30-23-13-12-20(26-27-23)17-8-10-18(11-9-17)28-14-4-1-5-15-28/h2-3,6-13H,1,4-5,14-16H2,(H,25,29). The summed E-state index contributed by atoms with van der Waals surface area (Å²) in [4.78, 5) is 14.5. The van der Waals surface area contributed by atoms with E-state index in [9.17, 15) is 9.18 Å². The highest BCUT2D eigenvalue weighted by Gasteiger charge is 2.12. The largest absolute Gasteiger partial charge is 0.372 e. The number of anilines is 2. The van der Waals surface area contributed by atoms with E-state index >= 15 is 0 Å². The molecule has 0 saturated carbocycles. The Labute approximate surface area is 179 Å². The minimum absolute atomic E-state index is 0.132. The van der Waals surface area contributed by atoms with Crippen LogP contribution in [0.25, 0.3) is 11.3 Å². The average Bonchev–Trinajstić information content (AvgIpc) is 2.80. The number of amides is 1. The third kappa shape index (κ3) is 5.16. The Morgan fingerprint density at radius 1 is 0.967 bits per heavy atom. The van der Waals surface area contributed by atoms with E-state index in [1.807, 2.05) is 12.1 Å². The predicted octanol–water partition coefficient (Wildman–Crippen LogP) is 5.00. The minimum atomic E-state index is -0.453. The SMILES string of the molecule is O=C(CSc1ccc(-c2ccc(N3CCCCC3)cc2)nn1)Nc1ccccc1F. The van der Waals surface area contributed by atoms with E-state index in [1.54, 1.807) is 12.1 Å². The lowest BCUT2D eigenvalue weighted by molar-refractivity contribution is -0.113. The number of para-hydroxylation sites is 1. The van der Waals surface area contributed by atoms with Gasteiger partial charge in [-0.2, -0.15) is 0 Å². The van der Waals surface area contributed by atoms with Crippen LogP contribution in [0.5, 0.6) is 0 Å². The van der Waals surface area contributed by atoms with E-state index in [4.69, 9.17) is 0 Å². The Morgan fingerprint density at radius 3 is 2.43 bits per heavy atom. The third-order valence-electron chi connectivity index (χ3n) is 5.02. The average molecular weight is 423 g/mol. The van der Waals surface area contributed by atoms with Crippen molar-refractivity contribution in [3.63, 3.8) is 0 Å². The van der Waals surface area contributed by atoms with Gasteiger partial charge < -0.3 is 10.2 Å². The Morgan fingerprint density at radius 2 is 1.73 bits per heavy atom. The summed E-state index contributed by atoms with van der Waals surface area (Å²) < 4.78 is 13.6. The van der Waals surface area contributed by atoms with Crippen LogP contribution in [-0.4, -0.2) is 34.9 Å². The van der Waals surface area contributed by atoms with Gasteiger partial charge in [-0.15, -0.1) is 10.2 Å². The molecule has 2 heterocycles. The molecule has 30 heavy (non-hydrogen) atoms. The van der Waals surface area contributed by atoms with Gasteiger partial charge in [0.2, 0.25) is 5.91 Å². The zero-order valence-electron chi connectivity index (χ0n) is 16.6. The van der Waals surface area contributed by atoms with Gasteiger partial charge in [0.15, 0.2) is 0 Å². The van der Waals surface area contributed by atoms with Gasteiger partial charge in [-0.25, -0.2) is 4.39 Å². The second-order valence-corrected chi connectivity index (χ2v) is 8.16. The maximum absolute atomic E-state index is 13.6. The molecule has 1 N–H and O–H groups in total. The van der Waals surface area contributed by atoms with Gasteiger partial charge in [0.25, 0.3) is 0 Å². The van der Waals surface area contributed by atoms with Crippen LogP contribution < -0.4 is 10.2 Å². The summed E-state index contributed by atoms with van der Waals surface area (Å²) in [6, 6.07) is 18.3. The first-order valence-electron chi connectivity index (χ1n) is 10.1. The molecule has 0 radical (unpaired) electrons. The van der Waals surface area contributed by atoms with Gasteiger partial charge in [-0.05, 0) is 55.7 Å². The van der Waals surface area contributed by atoms with Crippen molar-refractivity contribution in [2.75, 3.05) is 29.1 Å². The van der Waals surface area contributed by atoms with Crippen molar-refractivity contribution in [1.29, 1.82) is 0 Å². The third-order valence-corrected chi connectivity index (χ3v) is 5.94. The number of rotatable bonds is 6. The van der Waals surface area contributed by atoms with Crippen LogP contribution >= 0.6 is 11.8 Å². The lowest BCUT2D eigenvalue weighted by Gasteiger charge is -2.28. The van der Waals surface area contributed by atoms with Crippen LogP contribution in [0, 0.1) is 5.82 Å². The molecule has 1 amide bonds. The van der Waals surface area contributed by atoms with Crippen LogP contribution in [0.2, 0.25) is 0 Å². The minimum Gasteiger partial charge on any atom is -0.372 e. The van der Waals surface area contributed by atoms with E-state index in [0.29, 0.717) is 5.03 Å². The second kappa shape index (κ2) is 9.71. The molecule has 154 valence electrons. The molecule has 4 rings (SSSR count). The molecule has 0 spiro atoms. The van der Waals surface area contributed by atoms with Crippen LogP contribution in [0.15, 0.2) is 65.7 Å². The van der Waals surface area contributed by atoms with Gasteiger partial charge in [0.1, 0.15) is 10.8 Å². The van der Waals surface area contributed by atoms with Crippen molar-refractivity contribution in [1.82, 2.24) is 10.2 Å². The number of hydrogen-bond donors (Lipinski definition) is 1. The predicted molar refractivity (Wildman–Crippen MR) is 119 cm³/mol. The van der Waals surface area contributed by atoms with Gasteiger partial charge in [0.05, 0.1) is 17.1 Å². The topological polar surface area (TPSA) is 58.1 Å². The molecular formula is C23H23FN4OS. The van der Waals surface area contributed by atoms with Crippen molar-refractivity contribution in [2.24, 2.45) is 0 Å². The van der Waals surface area contributed by atoms with Gasteiger partial charge in [0, 0.05) is 24.3 Å². The highest BCUT2D eigenvalue weighted by Crippen LogP contribution is 2.25. The summed E-state index contributed by atoms with van der Waals surface area (Å²) in [7, 11) is 0. The molecule has 1 aromatic heterocycles. The first kappa shape index (κ1) is 20.3. The first-order valence-corrected chi connectivity index (χ1v) is 11.0. The Balaban J connectivity index is 1.32. The monoisotopic (exact) mass is 422 g/mol. The fraction of sp³-hybridized carbons (Fsp3) is 0.261. The quantitative estimate of drug-likeness (QED) is 0.566. The second-order valence-electron chi connectivity index (χ2n) is 7.17. The number of nitrogens with zero attached hydrogens (tertiary/aromatic N) is 3. The van der Waals surface area contributed by atoms with Gasteiger partial charge >= 0.3 is 0 Å². The molecule has 0 aliphatic carbocycles. The van der Waals surface area contributed by atoms with E-state index in [0.717, 1.165) is 24.3 Å². The number of piperidine rings is 1. The molecule has 1 aliphatic rings. The fourth-order valence-electron chi connectivity index (χ4n) is 3.43. The molecule has 1 saturated heterocycles. The molecule has 0 bridgehead atoms. The number of benzene rings is 2. The number of carbonyl (C=O) groups excluding carboxylic acids is 1. The Kier molecular flexibility index (Phi) is 6.59. The molecule has 2 aromatic carbocycles. The summed E-state index contributed by atoms with van der Waals surface area (Å²) in [6.07, 6.45) is 3.83. The maximum atomic E-state index is 13.6. The van der Waals surface area contributed by atoms with E-state index in [-0.39, 0.29) is 17.3 Å². The Hall–Kier alpha value is -2.93. The molecule has 1 fully saturated rings. The van der Waals surface area contributed by atoms with Crippen molar-refractivity contribution in [2.45, 2.75) is 24.3 Å². The van der Waals surface area contributed by atoms with Gasteiger partial charge in [-0.1, -0.05) is 36.0 Å². The molecule has 5 nitrogen and oxygen atoms in total. The zero-order valence-corrected chi connectivity index (χ0v) is 17.4. The number of carbonyl (C=O) groups is 1. The summed E-state index contributed by atoms with van der Waals surface area (Å²) >= 11 is 1.26. The molecule has 3 aromatic rings. The van der Waals surface area contributed by atoms with Crippen LogP contribution in [0.4, 0.5) is 15.8 Å². The molecule has 1 aliphatic heterocycles. The number of aromatic nitrogens is 2. The van der Waals surface area contributed by atoms with Crippen LogP contribution in [0.1, 0.15) is 19.3 Å². The van der Waals surface area contributed by atoms with Crippen LogP contribution in [0.3, 0.4) is 0 Å². The lowest BCUT2D eigenvalue weighted by Crippen LogP contribution is -2.29. The first-order chi connectivity index (χ1) is 14.7. The zero-order chi connectivity index (χ0) is 20.8. The van der Waals surface area contributed by atoms with Crippen molar-refractivity contribution < 1.29 is 9.18 Å². The van der Waals surface area contributed by atoms with Gasteiger partial charge in [-0.3, -0.25) is 4.79 Å². The van der Waals surface area contributed by atoms with E-state index in [2.05, 4.69) is 44.7 Å².